The molecule has 1 aromatic carbocycles. The molecule has 0 aliphatic carbocycles. The van der Waals surface area contributed by atoms with Gasteiger partial charge in [0.25, 0.3) is 5.91 Å². The first-order valence-corrected chi connectivity index (χ1v) is 11.7. The van der Waals surface area contributed by atoms with E-state index >= 15 is 0 Å². The number of likely N-dealkylation sites (tertiary alicyclic amines) is 1. The van der Waals surface area contributed by atoms with Gasteiger partial charge in [0, 0.05) is 18.1 Å². The second-order valence-corrected chi connectivity index (χ2v) is 9.71. The third-order valence-corrected chi connectivity index (χ3v) is 7.10. The maximum Gasteiger partial charge on any atom is 0.272 e. The monoisotopic (exact) mass is 440 g/mol. The topological polar surface area (TPSA) is 67.3 Å². The summed E-state index contributed by atoms with van der Waals surface area (Å²) < 4.78 is 25.5. The molecule has 28 heavy (non-hydrogen) atoms. The predicted molar refractivity (Wildman–Crippen MR) is 111 cm³/mol. The van der Waals surface area contributed by atoms with Crippen molar-refractivity contribution in [3.8, 4) is 0 Å². The molecule has 0 N–H and O–H groups in total. The average molecular weight is 441 g/mol. The van der Waals surface area contributed by atoms with Crippen molar-refractivity contribution in [1.29, 1.82) is 0 Å². The molecule has 2 heterocycles. The molecule has 3 rings (SSSR count). The van der Waals surface area contributed by atoms with E-state index in [0.717, 1.165) is 25.7 Å². The maximum atomic E-state index is 12.8. The standard InChI is InChI=1S/C20H22Cl2N2O3S/c21-15-9-10-19(17(22)13-15)28(26,27)14-16-7-6-8-18(23-16)20(25)24-11-4-2-1-3-5-12-24/h6-10,13H,1-5,11-12,14H2. The summed E-state index contributed by atoms with van der Waals surface area (Å²) in [5.74, 6) is -0.485. The molecule has 5 nitrogen and oxygen atoms in total. The lowest BCUT2D eigenvalue weighted by atomic mass is 10.1. The number of carbonyl (C=O) groups excluding carboxylic acids is 1. The molecular formula is C20H22Cl2N2O3S. The zero-order valence-corrected chi connectivity index (χ0v) is 17.7. The van der Waals surface area contributed by atoms with Gasteiger partial charge in [-0.1, -0.05) is 48.5 Å². The number of rotatable bonds is 4. The van der Waals surface area contributed by atoms with Crippen molar-refractivity contribution in [3.05, 3.63) is 57.8 Å². The van der Waals surface area contributed by atoms with E-state index in [1.807, 2.05) is 4.90 Å². The van der Waals surface area contributed by atoms with E-state index in [1.165, 1.54) is 24.6 Å². The Bertz CT molecular complexity index is 956. The molecular weight excluding hydrogens is 419 g/mol. The van der Waals surface area contributed by atoms with Gasteiger partial charge in [0.2, 0.25) is 0 Å². The summed E-state index contributed by atoms with van der Waals surface area (Å²) in [6.07, 6.45) is 5.42. The van der Waals surface area contributed by atoms with Crippen LogP contribution in [0.4, 0.5) is 0 Å². The van der Waals surface area contributed by atoms with Gasteiger partial charge in [0.05, 0.1) is 21.4 Å². The normalized spacial score (nSPS) is 15.7. The van der Waals surface area contributed by atoms with E-state index in [-0.39, 0.29) is 27.3 Å². The largest absolute Gasteiger partial charge is 0.337 e. The van der Waals surface area contributed by atoms with Crippen molar-refractivity contribution in [2.24, 2.45) is 0 Å². The Kier molecular flexibility index (Phi) is 6.96. The van der Waals surface area contributed by atoms with Crippen molar-refractivity contribution in [2.45, 2.75) is 42.8 Å². The Hall–Kier alpha value is -1.63. The minimum absolute atomic E-state index is 0.000800. The zero-order chi connectivity index (χ0) is 20.1. The lowest BCUT2D eigenvalue weighted by Crippen LogP contribution is -2.34. The van der Waals surface area contributed by atoms with Crippen LogP contribution in [0.2, 0.25) is 10.0 Å². The molecule has 0 radical (unpaired) electrons. The van der Waals surface area contributed by atoms with E-state index in [0.29, 0.717) is 23.8 Å². The number of benzene rings is 1. The van der Waals surface area contributed by atoms with Crippen LogP contribution in [0.1, 0.15) is 48.3 Å². The van der Waals surface area contributed by atoms with Crippen LogP contribution in [-0.4, -0.2) is 37.3 Å². The number of amides is 1. The molecule has 0 saturated carbocycles. The zero-order valence-electron chi connectivity index (χ0n) is 15.4. The number of aromatic nitrogens is 1. The van der Waals surface area contributed by atoms with Crippen LogP contribution in [0.25, 0.3) is 0 Å². The van der Waals surface area contributed by atoms with Gasteiger partial charge in [-0.3, -0.25) is 4.79 Å². The van der Waals surface area contributed by atoms with Crippen molar-refractivity contribution < 1.29 is 13.2 Å². The average Bonchev–Trinajstić information content (AvgIpc) is 2.60. The fourth-order valence-electron chi connectivity index (χ4n) is 3.29. The Morgan fingerprint density at radius 1 is 1.00 bits per heavy atom. The molecule has 1 aromatic heterocycles. The summed E-state index contributed by atoms with van der Waals surface area (Å²) in [4.78, 5) is 19.0. The molecule has 0 atom stereocenters. The Balaban J connectivity index is 1.79. The van der Waals surface area contributed by atoms with Gasteiger partial charge >= 0.3 is 0 Å². The Morgan fingerprint density at radius 3 is 2.36 bits per heavy atom. The van der Waals surface area contributed by atoms with Crippen molar-refractivity contribution >= 4 is 38.9 Å². The first-order valence-electron chi connectivity index (χ1n) is 9.30. The molecule has 150 valence electrons. The summed E-state index contributed by atoms with van der Waals surface area (Å²) in [6, 6.07) is 9.16. The maximum absolute atomic E-state index is 12.8. The van der Waals surface area contributed by atoms with E-state index in [4.69, 9.17) is 23.2 Å². The summed E-state index contributed by atoms with van der Waals surface area (Å²) in [5.41, 5.74) is 0.583. The van der Waals surface area contributed by atoms with Crippen LogP contribution in [0, 0.1) is 0 Å². The van der Waals surface area contributed by atoms with E-state index < -0.39 is 9.84 Å². The number of nitrogens with zero attached hydrogens (tertiary/aromatic N) is 2. The third kappa shape index (κ3) is 5.25. The predicted octanol–water partition coefficient (Wildman–Crippen LogP) is 4.77. The van der Waals surface area contributed by atoms with Crippen LogP contribution < -0.4 is 0 Å². The molecule has 0 bridgehead atoms. The summed E-state index contributed by atoms with van der Waals surface area (Å²) in [7, 11) is -3.72. The van der Waals surface area contributed by atoms with Gasteiger partial charge in [-0.05, 0) is 43.2 Å². The molecule has 0 spiro atoms. The minimum Gasteiger partial charge on any atom is -0.337 e. The van der Waals surface area contributed by atoms with Gasteiger partial charge in [0.15, 0.2) is 9.84 Å². The SMILES string of the molecule is O=C(c1cccc(CS(=O)(=O)c2ccc(Cl)cc2Cl)n1)N1CCCCCCC1. The number of halogens is 2. The molecule has 1 amide bonds. The lowest BCUT2D eigenvalue weighted by Gasteiger charge is -2.24. The second kappa shape index (κ2) is 9.25. The molecule has 2 aromatic rings. The first kappa shape index (κ1) is 21.1. The summed E-state index contributed by atoms with van der Waals surface area (Å²) in [5, 5.41) is 0.434. The smallest absolute Gasteiger partial charge is 0.272 e. The fourth-order valence-corrected chi connectivity index (χ4v) is 5.39. The van der Waals surface area contributed by atoms with Gasteiger partial charge < -0.3 is 4.90 Å². The van der Waals surface area contributed by atoms with Gasteiger partial charge in [0.1, 0.15) is 5.69 Å². The highest BCUT2D eigenvalue weighted by Crippen LogP contribution is 2.27. The lowest BCUT2D eigenvalue weighted by molar-refractivity contribution is 0.0736. The van der Waals surface area contributed by atoms with Crippen molar-refractivity contribution in [3.63, 3.8) is 0 Å². The number of pyridine rings is 1. The second-order valence-electron chi connectivity index (χ2n) is 6.91. The van der Waals surface area contributed by atoms with Crippen molar-refractivity contribution in [2.75, 3.05) is 13.1 Å². The molecule has 1 fully saturated rings. The fraction of sp³-hybridized carbons (Fsp3) is 0.400. The van der Waals surface area contributed by atoms with E-state index in [9.17, 15) is 13.2 Å². The summed E-state index contributed by atoms with van der Waals surface area (Å²) >= 11 is 11.9. The van der Waals surface area contributed by atoms with Crippen LogP contribution in [0.5, 0.6) is 0 Å². The molecule has 1 aliphatic heterocycles. The highest BCUT2D eigenvalue weighted by molar-refractivity contribution is 7.90. The molecule has 1 aliphatic rings. The van der Waals surface area contributed by atoms with Crippen molar-refractivity contribution in [1.82, 2.24) is 9.88 Å². The Labute approximate surface area is 175 Å². The highest BCUT2D eigenvalue weighted by atomic mass is 35.5. The minimum atomic E-state index is -3.72. The quantitative estimate of drug-likeness (QED) is 0.686. The summed E-state index contributed by atoms with van der Waals surface area (Å²) in [6.45, 7) is 1.42. The Morgan fingerprint density at radius 2 is 1.68 bits per heavy atom. The highest BCUT2D eigenvalue weighted by Gasteiger charge is 2.22. The van der Waals surface area contributed by atoms with Gasteiger partial charge in [-0.15, -0.1) is 0 Å². The van der Waals surface area contributed by atoms with Crippen LogP contribution in [0.15, 0.2) is 41.3 Å². The molecule has 8 heteroatoms. The van der Waals surface area contributed by atoms with Gasteiger partial charge in [-0.25, -0.2) is 13.4 Å². The number of hydrogen-bond donors (Lipinski definition) is 0. The third-order valence-electron chi connectivity index (χ3n) is 4.74. The van der Waals surface area contributed by atoms with E-state index in [1.54, 1.807) is 18.2 Å². The molecule has 0 unspecified atom stereocenters. The van der Waals surface area contributed by atoms with Crippen LogP contribution in [-0.2, 0) is 15.6 Å². The number of carbonyl (C=O) groups is 1. The molecule has 1 saturated heterocycles. The first-order chi connectivity index (χ1) is 13.4. The van der Waals surface area contributed by atoms with Crippen LogP contribution in [0.3, 0.4) is 0 Å². The number of hydrogen-bond acceptors (Lipinski definition) is 4. The van der Waals surface area contributed by atoms with E-state index in [2.05, 4.69) is 4.98 Å². The number of sulfone groups is 1. The van der Waals surface area contributed by atoms with Gasteiger partial charge in [-0.2, -0.15) is 0 Å². The van der Waals surface area contributed by atoms with Crippen LogP contribution >= 0.6 is 23.2 Å².